The highest BCUT2D eigenvalue weighted by Crippen LogP contribution is 2.25. The Labute approximate surface area is 124 Å². The molecule has 0 bridgehead atoms. The molecule has 0 spiro atoms. The third-order valence-corrected chi connectivity index (χ3v) is 5.48. The van der Waals surface area contributed by atoms with Crippen LogP contribution in [0, 0.1) is 5.92 Å². The number of rotatable bonds is 5. The molecular weight excluding hydrogens is 290 g/mol. The van der Waals surface area contributed by atoms with E-state index in [1.807, 2.05) is 0 Å². The molecule has 1 amide bonds. The van der Waals surface area contributed by atoms with Gasteiger partial charge in [-0.1, -0.05) is 0 Å². The summed E-state index contributed by atoms with van der Waals surface area (Å²) in [7, 11) is -3.50. The summed E-state index contributed by atoms with van der Waals surface area (Å²) in [5.41, 5.74) is 1.44. The summed E-state index contributed by atoms with van der Waals surface area (Å²) in [4.78, 5) is 11.5. The molecule has 7 heteroatoms. The van der Waals surface area contributed by atoms with Gasteiger partial charge >= 0.3 is 0 Å². The van der Waals surface area contributed by atoms with Gasteiger partial charge in [0.1, 0.15) is 0 Å². The zero-order valence-electron chi connectivity index (χ0n) is 11.7. The summed E-state index contributed by atoms with van der Waals surface area (Å²) in [5.74, 6) is 0.454. The highest BCUT2D eigenvalue weighted by molar-refractivity contribution is 7.89. The zero-order valence-corrected chi connectivity index (χ0v) is 12.5. The minimum atomic E-state index is -3.50. The SMILES string of the molecule is O=C1Cc2cc(S(=O)(=O)NCCC3CCNC3)ccc2N1. The van der Waals surface area contributed by atoms with Gasteiger partial charge in [-0.2, -0.15) is 0 Å². The lowest BCUT2D eigenvalue weighted by Crippen LogP contribution is -2.26. The number of benzene rings is 1. The van der Waals surface area contributed by atoms with Crippen molar-refractivity contribution in [2.24, 2.45) is 5.92 Å². The van der Waals surface area contributed by atoms with Gasteiger partial charge in [0, 0.05) is 12.2 Å². The molecule has 0 saturated carbocycles. The van der Waals surface area contributed by atoms with Crippen LogP contribution in [0.15, 0.2) is 23.1 Å². The summed E-state index contributed by atoms with van der Waals surface area (Å²) in [6.07, 6.45) is 2.19. The van der Waals surface area contributed by atoms with Crippen LogP contribution in [0.4, 0.5) is 5.69 Å². The second kappa shape index (κ2) is 5.75. The van der Waals surface area contributed by atoms with Crippen LogP contribution in [-0.4, -0.2) is 34.0 Å². The summed E-state index contributed by atoms with van der Waals surface area (Å²) in [5, 5.41) is 5.96. The van der Waals surface area contributed by atoms with Crippen LogP contribution in [0.3, 0.4) is 0 Å². The van der Waals surface area contributed by atoms with Crippen molar-refractivity contribution < 1.29 is 13.2 Å². The topological polar surface area (TPSA) is 87.3 Å². The number of carbonyl (C=O) groups excluding carboxylic acids is 1. The second-order valence-electron chi connectivity index (χ2n) is 5.59. The summed E-state index contributed by atoms with van der Waals surface area (Å²) in [6.45, 7) is 2.43. The van der Waals surface area contributed by atoms with Crippen molar-refractivity contribution in [2.45, 2.75) is 24.2 Å². The van der Waals surface area contributed by atoms with E-state index in [4.69, 9.17) is 0 Å². The number of fused-ring (bicyclic) bond motifs is 1. The van der Waals surface area contributed by atoms with E-state index in [9.17, 15) is 13.2 Å². The third kappa shape index (κ3) is 3.25. The van der Waals surface area contributed by atoms with Crippen molar-refractivity contribution in [1.29, 1.82) is 0 Å². The summed E-state index contributed by atoms with van der Waals surface area (Å²) >= 11 is 0. The Bertz CT molecular complexity index is 651. The van der Waals surface area contributed by atoms with Crippen molar-refractivity contribution in [1.82, 2.24) is 10.0 Å². The second-order valence-corrected chi connectivity index (χ2v) is 7.36. The van der Waals surface area contributed by atoms with Gasteiger partial charge in [-0.3, -0.25) is 4.79 Å². The first-order valence-corrected chi connectivity index (χ1v) is 8.66. The summed E-state index contributed by atoms with van der Waals surface area (Å²) < 4.78 is 27.2. The maximum Gasteiger partial charge on any atom is 0.240 e. The van der Waals surface area contributed by atoms with Crippen LogP contribution in [0.1, 0.15) is 18.4 Å². The maximum atomic E-state index is 12.3. The van der Waals surface area contributed by atoms with Gasteiger partial charge in [-0.05, 0) is 55.6 Å². The normalized spacial score (nSPS) is 21.3. The lowest BCUT2D eigenvalue weighted by atomic mass is 10.1. The Kier molecular flexibility index (Phi) is 3.97. The van der Waals surface area contributed by atoms with Crippen LogP contribution < -0.4 is 15.4 Å². The molecule has 114 valence electrons. The molecule has 1 aromatic rings. The third-order valence-electron chi connectivity index (χ3n) is 4.02. The van der Waals surface area contributed by atoms with E-state index in [0.717, 1.165) is 31.5 Å². The molecule has 2 heterocycles. The number of amides is 1. The molecule has 1 fully saturated rings. The molecular formula is C14H19N3O3S. The maximum absolute atomic E-state index is 12.3. The number of hydrogen-bond donors (Lipinski definition) is 3. The van der Waals surface area contributed by atoms with Gasteiger partial charge < -0.3 is 10.6 Å². The fourth-order valence-corrected chi connectivity index (χ4v) is 3.91. The van der Waals surface area contributed by atoms with Crippen LogP contribution in [0.25, 0.3) is 0 Å². The average molecular weight is 309 g/mol. The first-order chi connectivity index (χ1) is 10.0. The van der Waals surface area contributed by atoms with E-state index < -0.39 is 10.0 Å². The molecule has 1 aromatic carbocycles. The largest absolute Gasteiger partial charge is 0.326 e. The van der Waals surface area contributed by atoms with Crippen LogP contribution in [0.2, 0.25) is 0 Å². The first-order valence-electron chi connectivity index (χ1n) is 7.18. The predicted octanol–water partition coefficient (Wildman–Crippen LogP) is 0.459. The monoisotopic (exact) mass is 309 g/mol. The summed E-state index contributed by atoms with van der Waals surface area (Å²) in [6, 6.07) is 4.76. The molecule has 1 atom stereocenters. The van der Waals surface area contributed by atoms with E-state index >= 15 is 0 Å². The van der Waals surface area contributed by atoms with E-state index in [0.29, 0.717) is 18.2 Å². The van der Waals surface area contributed by atoms with E-state index in [1.165, 1.54) is 6.07 Å². The Morgan fingerprint density at radius 1 is 1.33 bits per heavy atom. The van der Waals surface area contributed by atoms with E-state index in [1.54, 1.807) is 12.1 Å². The van der Waals surface area contributed by atoms with Gasteiger partial charge in [-0.15, -0.1) is 0 Å². The number of nitrogens with one attached hydrogen (secondary N) is 3. The lowest BCUT2D eigenvalue weighted by molar-refractivity contribution is -0.115. The molecule has 0 aromatic heterocycles. The average Bonchev–Trinajstić information content (AvgIpc) is 3.05. The molecule has 1 unspecified atom stereocenters. The van der Waals surface area contributed by atoms with Crippen molar-refractivity contribution in [3.63, 3.8) is 0 Å². The van der Waals surface area contributed by atoms with Crippen molar-refractivity contribution in [2.75, 3.05) is 25.0 Å². The number of hydrogen-bond acceptors (Lipinski definition) is 4. The lowest BCUT2D eigenvalue weighted by Gasteiger charge is -2.10. The highest BCUT2D eigenvalue weighted by atomic mass is 32.2. The molecule has 2 aliphatic heterocycles. The fourth-order valence-electron chi connectivity index (χ4n) is 2.81. The minimum absolute atomic E-state index is 0.0961. The van der Waals surface area contributed by atoms with Crippen LogP contribution in [-0.2, 0) is 21.2 Å². The number of sulfonamides is 1. The fraction of sp³-hybridized carbons (Fsp3) is 0.500. The predicted molar refractivity (Wildman–Crippen MR) is 79.6 cm³/mol. The van der Waals surface area contributed by atoms with Crippen molar-refractivity contribution in [3.8, 4) is 0 Å². The molecule has 6 nitrogen and oxygen atoms in total. The Balaban J connectivity index is 1.64. The molecule has 0 radical (unpaired) electrons. The van der Waals surface area contributed by atoms with Crippen LogP contribution in [0.5, 0.6) is 0 Å². The van der Waals surface area contributed by atoms with E-state index in [-0.39, 0.29) is 17.2 Å². The Morgan fingerprint density at radius 2 is 2.19 bits per heavy atom. The standard InChI is InChI=1S/C14H19N3O3S/c18-14-8-11-7-12(1-2-13(11)17-14)21(19,20)16-6-4-10-3-5-15-9-10/h1-2,7,10,15-16H,3-6,8-9H2,(H,17,18). The molecule has 0 aliphatic carbocycles. The molecule has 3 rings (SSSR count). The van der Waals surface area contributed by atoms with E-state index in [2.05, 4.69) is 15.4 Å². The Hall–Kier alpha value is -1.44. The quantitative estimate of drug-likeness (QED) is 0.737. The molecule has 3 N–H and O–H groups in total. The van der Waals surface area contributed by atoms with Crippen molar-refractivity contribution >= 4 is 21.6 Å². The molecule has 1 saturated heterocycles. The Morgan fingerprint density at radius 3 is 2.95 bits per heavy atom. The van der Waals surface area contributed by atoms with Gasteiger partial charge in [0.15, 0.2) is 0 Å². The highest BCUT2D eigenvalue weighted by Gasteiger charge is 2.22. The first kappa shape index (κ1) is 14.5. The van der Waals surface area contributed by atoms with Crippen LogP contribution >= 0.6 is 0 Å². The minimum Gasteiger partial charge on any atom is -0.326 e. The van der Waals surface area contributed by atoms with Crippen molar-refractivity contribution in [3.05, 3.63) is 23.8 Å². The van der Waals surface area contributed by atoms with Gasteiger partial charge in [0.2, 0.25) is 15.9 Å². The molecule has 2 aliphatic rings. The number of carbonyl (C=O) groups is 1. The van der Waals surface area contributed by atoms with Gasteiger partial charge in [0.25, 0.3) is 0 Å². The number of anilines is 1. The zero-order chi connectivity index (χ0) is 14.9. The smallest absolute Gasteiger partial charge is 0.240 e. The molecule has 21 heavy (non-hydrogen) atoms. The van der Waals surface area contributed by atoms with Gasteiger partial charge in [0.05, 0.1) is 11.3 Å². The van der Waals surface area contributed by atoms with Gasteiger partial charge in [-0.25, -0.2) is 13.1 Å².